The smallest absolute Gasteiger partial charge is 0.196 e. The molecule has 1 aliphatic carbocycles. The lowest BCUT2D eigenvalue weighted by molar-refractivity contribution is 0.0979. The fourth-order valence-corrected chi connectivity index (χ4v) is 5.29. The molecule has 0 spiro atoms. The van der Waals surface area contributed by atoms with E-state index in [-0.39, 0.29) is 11.6 Å². The molecule has 1 aliphatic rings. The molecule has 0 fully saturated rings. The molecular weight excluding hydrogens is 559 g/mol. The number of carbonyl (C=O) groups excluding carboxylic acids is 2. The molecule has 0 heterocycles. The van der Waals surface area contributed by atoms with Crippen LogP contribution in [0.2, 0.25) is 0 Å². The zero-order valence-electron chi connectivity index (χ0n) is 20.5. The van der Waals surface area contributed by atoms with Gasteiger partial charge in [0.15, 0.2) is 11.6 Å². The van der Waals surface area contributed by atoms with Gasteiger partial charge in [0, 0.05) is 31.6 Å². The fraction of sp³-hybridized carbons (Fsp3) is 0.161. The third-order valence-electron chi connectivity index (χ3n) is 6.68. The number of rotatable bonds is 6. The predicted octanol–water partition coefficient (Wildman–Crippen LogP) is 7.99. The number of benzene rings is 4. The molecule has 0 saturated carbocycles. The van der Waals surface area contributed by atoms with Crippen LogP contribution in [0.15, 0.2) is 72.8 Å². The van der Waals surface area contributed by atoms with Crippen LogP contribution < -0.4 is 10.6 Å². The molecule has 0 amide bonds. The van der Waals surface area contributed by atoms with Crippen LogP contribution >= 0.6 is 22.6 Å². The number of aryl methyl sites for hydroxylation is 3. The Morgan fingerprint density at radius 3 is 1.75 bits per heavy atom. The maximum Gasteiger partial charge on any atom is 0.196 e. The van der Waals surface area contributed by atoms with Crippen LogP contribution in [0.25, 0.3) is 0 Å². The highest BCUT2D eigenvalue weighted by Gasteiger charge is 2.34. The minimum absolute atomic E-state index is 0.121. The standard InChI is InChI=1S/C31H27IN2O2/c1-4-19-7-11-21(12-8-19)33-28-26(32)17-25-27(29(28)34-22-13-9-20(5-2)10-14-22)31(36)23-15-6-18(3)16-24(23)30(25)35/h6-17,33-34H,4-5H2,1-3H3. The Hall–Kier alpha value is -3.45. The molecule has 0 unspecified atom stereocenters. The maximum absolute atomic E-state index is 13.9. The van der Waals surface area contributed by atoms with Crippen molar-refractivity contribution in [2.75, 3.05) is 10.6 Å². The van der Waals surface area contributed by atoms with E-state index >= 15 is 0 Å². The van der Waals surface area contributed by atoms with Crippen molar-refractivity contribution in [2.24, 2.45) is 0 Å². The van der Waals surface area contributed by atoms with Gasteiger partial charge in [0.1, 0.15) is 0 Å². The number of halogens is 1. The summed E-state index contributed by atoms with van der Waals surface area (Å²) in [6.07, 6.45) is 1.91. The third-order valence-corrected chi connectivity index (χ3v) is 7.53. The van der Waals surface area contributed by atoms with E-state index in [4.69, 9.17) is 0 Å². The van der Waals surface area contributed by atoms with Crippen LogP contribution in [-0.4, -0.2) is 11.6 Å². The molecule has 0 bridgehead atoms. The molecule has 2 N–H and O–H groups in total. The van der Waals surface area contributed by atoms with Gasteiger partial charge in [0.25, 0.3) is 0 Å². The van der Waals surface area contributed by atoms with Gasteiger partial charge in [-0.15, -0.1) is 0 Å². The Balaban J connectivity index is 1.68. The first-order valence-corrected chi connectivity index (χ1v) is 13.3. The quantitative estimate of drug-likeness (QED) is 0.198. The number of nitrogens with one attached hydrogen (secondary N) is 2. The molecule has 4 nitrogen and oxygen atoms in total. The van der Waals surface area contributed by atoms with Crippen molar-refractivity contribution in [2.45, 2.75) is 33.6 Å². The van der Waals surface area contributed by atoms with Crippen molar-refractivity contribution >= 4 is 56.9 Å². The summed E-state index contributed by atoms with van der Waals surface area (Å²) in [4.78, 5) is 27.4. The average molecular weight is 586 g/mol. The van der Waals surface area contributed by atoms with Gasteiger partial charge >= 0.3 is 0 Å². The average Bonchev–Trinajstić information content (AvgIpc) is 2.89. The SMILES string of the molecule is CCc1ccc(Nc2c(I)cc3c(c2Nc2ccc(CC)cc2)C(=O)c2ccc(C)cc2C3=O)cc1. The van der Waals surface area contributed by atoms with Gasteiger partial charge in [-0.1, -0.05) is 55.8 Å². The molecular formula is C31H27IN2O2. The topological polar surface area (TPSA) is 58.2 Å². The van der Waals surface area contributed by atoms with Crippen LogP contribution in [0.3, 0.4) is 0 Å². The summed E-state index contributed by atoms with van der Waals surface area (Å²) in [7, 11) is 0. The van der Waals surface area contributed by atoms with E-state index in [1.165, 1.54) is 11.1 Å². The first kappa shape index (κ1) is 24.3. The predicted molar refractivity (Wildman–Crippen MR) is 155 cm³/mol. The van der Waals surface area contributed by atoms with Crippen LogP contribution in [-0.2, 0) is 12.8 Å². The highest BCUT2D eigenvalue weighted by Crippen LogP contribution is 2.42. The van der Waals surface area contributed by atoms with Gasteiger partial charge in [-0.25, -0.2) is 0 Å². The molecule has 0 atom stereocenters. The molecule has 0 saturated heterocycles. The molecule has 0 aliphatic heterocycles. The summed E-state index contributed by atoms with van der Waals surface area (Å²) in [5.74, 6) is -0.266. The summed E-state index contributed by atoms with van der Waals surface area (Å²) >= 11 is 2.24. The second-order valence-corrected chi connectivity index (χ2v) is 10.3. The Labute approximate surface area is 225 Å². The lowest BCUT2D eigenvalue weighted by atomic mass is 9.82. The van der Waals surface area contributed by atoms with Crippen molar-refractivity contribution in [3.8, 4) is 0 Å². The van der Waals surface area contributed by atoms with Crippen LogP contribution in [0, 0.1) is 10.5 Å². The fourth-order valence-electron chi connectivity index (χ4n) is 4.57. The van der Waals surface area contributed by atoms with Crippen molar-refractivity contribution in [3.05, 3.63) is 115 Å². The van der Waals surface area contributed by atoms with E-state index < -0.39 is 0 Å². The molecule has 4 aromatic carbocycles. The van der Waals surface area contributed by atoms with Gasteiger partial charge in [0.05, 0.1) is 16.9 Å². The van der Waals surface area contributed by atoms with Crippen LogP contribution in [0.1, 0.15) is 62.4 Å². The molecule has 5 heteroatoms. The lowest BCUT2D eigenvalue weighted by Crippen LogP contribution is -2.23. The molecule has 5 rings (SSSR count). The lowest BCUT2D eigenvalue weighted by Gasteiger charge is -2.25. The number of carbonyl (C=O) groups is 2. The Kier molecular flexibility index (Phi) is 6.67. The number of fused-ring (bicyclic) bond motifs is 2. The molecule has 36 heavy (non-hydrogen) atoms. The van der Waals surface area contributed by atoms with Crippen molar-refractivity contribution in [3.63, 3.8) is 0 Å². The van der Waals surface area contributed by atoms with E-state index in [0.717, 1.165) is 39.0 Å². The monoisotopic (exact) mass is 586 g/mol. The Morgan fingerprint density at radius 2 is 1.19 bits per heavy atom. The van der Waals surface area contributed by atoms with Gasteiger partial charge in [-0.05, 0) is 89.9 Å². The maximum atomic E-state index is 13.9. The van der Waals surface area contributed by atoms with Gasteiger partial charge < -0.3 is 10.6 Å². The molecule has 180 valence electrons. The number of ketones is 2. The first-order chi connectivity index (χ1) is 17.4. The van der Waals surface area contributed by atoms with E-state index in [2.05, 4.69) is 71.3 Å². The largest absolute Gasteiger partial charge is 0.353 e. The third kappa shape index (κ3) is 4.44. The summed E-state index contributed by atoms with van der Waals surface area (Å²) in [5, 5.41) is 7.01. The number of hydrogen-bond acceptors (Lipinski definition) is 4. The summed E-state index contributed by atoms with van der Waals surface area (Å²) in [6.45, 7) is 6.18. The highest BCUT2D eigenvalue weighted by atomic mass is 127. The van der Waals surface area contributed by atoms with E-state index in [1.807, 2.05) is 49.4 Å². The molecule has 0 radical (unpaired) electrons. The van der Waals surface area contributed by atoms with Gasteiger partial charge in [0.2, 0.25) is 0 Å². The zero-order valence-corrected chi connectivity index (χ0v) is 22.7. The van der Waals surface area contributed by atoms with E-state index in [9.17, 15) is 9.59 Å². The molecule has 0 aromatic heterocycles. The summed E-state index contributed by atoms with van der Waals surface area (Å²) in [5.41, 5.74) is 8.36. The normalized spacial score (nSPS) is 12.2. The zero-order chi connectivity index (χ0) is 25.4. The van der Waals surface area contributed by atoms with E-state index in [1.54, 1.807) is 6.07 Å². The van der Waals surface area contributed by atoms with Gasteiger partial charge in [-0.3, -0.25) is 9.59 Å². The van der Waals surface area contributed by atoms with Crippen molar-refractivity contribution in [1.29, 1.82) is 0 Å². The second-order valence-electron chi connectivity index (χ2n) is 9.09. The minimum atomic E-state index is -0.145. The number of anilines is 4. The van der Waals surface area contributed by atoms with Crippen LogP contribution in [0.4, 0.5) is 22.7 Å². The molecule has 4 aromatic rings. The van der Waals surface area contributed by atoms with Gasteiger partial charge in [-0.2, -0.15) is 0 Å². The van der Waals surface area contributed by atoms with Crippen molar-refractivity contribution < 1.29 is 9.59 Å². The summed E-state index contributed by atoms with van der Waals surface area (Å²) in [6, 6.07) is 23.7. The van der Waals surface area contributed by atoms with E-state index in [0.29, 0.717) is 27.9 Å². The number of hydrogen-bond donors (Lipinski definition) is 2. The Morgan fingerprint density at radius 1 is 0.639 bits per heavy atom. The first-order valence-electron chi connectivity index (χ1n) is 12.2. The Bertz CT molecular complexity index is 1490. The summed E-state index contributed by atoms with van der Waals surface area (Å²) < 4.78 is 0.857. The minimum Gasteiger partial charge on any atom is -0.353 e. The second kappa shape index (κ2) is 9.90. The van der Waals surface area contributed by atoms with Crippen molar-refractivity contribution in [1.82, 2.24) is 0 Å². The van der Waals surface area contributed by atoms with Crippen LogP contribution in [0.5, 0.6) is 0 Å². The highest BCUT2D eigenvalue weighted by molar-refractivity contribution is 14.1.